The molecular formula is C42H43N3O8. The molecule has 9 atom stereocenters. The van der Waals surface area contributed by atoms with Crippen LogP contribution in [0.3, 0.4) is 0 Å². The highest BCUT2D eigenvalue weighted by Gasteiger charge is 2.71. The summed E-state index contributed by atoms with van der Waals surface area (Å²) in [5.41, 5.74) is 0.249. The summed E-state index contributed by atoms with van der Waals surface area (Å²) in [4.78, 5) is 33.8. The molecule has 2 aliphatic carbocycles. The van der Waals surface area contributed by atoms with Gasteiger partial charge in [0.15, 0.2) is 6.29 Å². The third-order valence-corrected chi connectivity index (χ3v) is 12.5. The minimum absolute atomic E-state index is 0.0452. The first kappa shape index (κ1) is 35.0. The molecule has 2 aliphatic heterocycles. The number of nitriles is 1. The number of carbonyl (C=O) groups is 1. The van der Waals surface area contributed by atoms with E-state index < -0.39 is 52.4 Å². The topological polar surface area (TPSA) is 144 Å². The van der Waals surface area contributed by atoms with Crippen LogP contribution in [0, 0.1) is 34.0 Å². The van der Waals surface area contributed by atoms with E-state index in [-0.39, 0.29) is 34.7 Å². The first-order chi connectivity index (χ1) is 25.4. The molecule has 2 saturated carbocycles. The number of nitrogens with zero attached hydrogens (tertiary/aromatic N) is 3. The van der Waals surface area contributed by atoms with Gasteiger partial charge in [-0.15, -0.1) is 0 Å². The molecule has 4 aromatic rings. The number of esters is 1. The zero-order chi connectivity index (χ0) is 37.3. The van der Waals surface area contributed by atoms with Gasteiger partial charge in [0.05, 0.1) is 36.0 Å². The van der Waals surface area contributed by atoms with Crippen LogP contribution in [0.4, 0.5) is 5.69 Å². The predicted octanol–water partition coefficient (Wildman–Crippen LogP) is 6.61. The van der Waals surface area contributed by atoms with E-state index in [1.807, 2.05) is 50.2 Å². The fraction of sp³-hybridized carbons (Fsp3) is 0.429. The van der Waals surface area contributed by atoms with Crippen LogP contribution in [0.2, 0.25) is 0 Å². The van der Waals surface area contributed by atoms with Gasteiger partial charge in [0, 0.05) is 60.7 Å². The Labute approximate surface area is 308 Å². The number of carbonyl (C=O) groups excluding carboxylic acids is 1. The summed E-state index contributed by atoms with van der Waals surface area (Å²) in [6.45, 7) is 6.56. The van der Waals surface area contributed by atoms with Crippen LogP contribution in [0.5, 0.6) is 5.75 Å². The second kappa shape index (κ2) is 12.8. The van der Waals surface area contributed by atoms with E-state index in [0.717, 1.165) is 11.3 Å². The fourth-order valence-corrected chi connectivity index (χ4v) is 9.84. The molecule has 1 saturated heterocycles. The molecule has 2 aromatic carbocycles. The van der Waals surface area contributed by atoms with Crippen molar-refractivity contribution in [3.63, 3.8) is 0 Å². The highest BCUT2D eigenvalue weighted by atomic mass is 16.7. The van der Waals surface area contributed by atoms with Gasteiger partial charge < -0.3 is 33.4 Å². The second-order valence-corrected chi connectivity index (χ2v) is 15.8. The van der Waals surface area contributed by atoms with Crippen LogP contribution in [0.25, 0.3) is 11.3 Å². The number of pyridine rings is 1. The summed E-state index contributed by atoms with van der Waals surface area (Å²) >= 11 is 0. The van der Waals surface area contributed by atoms with Crippen LogP contribution < -0.4 is 15.3 Å². The summed E-state index contributed by atoms with van der Waals surface area (Å²) < 4.78 is 32.4. The molecule has 53 heavy (non-hydrogen) atoms. The summed E-state index contributed by atoms with van der Waals surface area (Å²) in [5.74, 6) is -1.01. The van der Waals surface area contributed by atoms with E-state index in [9.17, 15) is 20.0 Å². The summed E-state index contributed by atoms with van der Waals surface area (Å²) in [6.07, 6.45) is 2.09. The number of aliphatic hydroxyl groups excluding tert-OH is 1. The zero-order valence-electron chi connectivity index (χ0n) is 30.4. The first-order valence-electron chi connectivity index (χ1n) is 18.1. The number of benzene rings is 2. The zero-order valence-corrected chi connectivity index (χ0v) is 30.4. The molecule has 4 heterocycles. The van der Waals surface area contributed by atoms with Gasteiger partial charge in [-0.25, -0.2) is 9.59 Å². The minimum Gasteiger partial charge on any atom is -0.482 e. The van der Waals surface area contributed by atoms with Crippen LogP contribution in [-0.4, -0.2) is 54.6 Å². The quantitative estimate of drug-likeness (QED) is 0.223. The molecule has 0 radical (unpaired) electrons. The van der Waals surface area contributed by atoms with Gasteiger partial charge >= 0.3 is 11.6 Å². The molecule has 8 rings (SSSR count). The summed E-state index contributed by atoms with van der Waals surface area (Å²) in [6, 6.07) is 21.6. The van der Waals surface area contributed by atoms with Crippen LogP contribution in [0.1, 0.15) is 79.5 Å². The summed E-state index contributed by atoms with van der Waals surface area (Å²) in [7, 11) is 3.99. The molecule has 0 spiro atoms. The van der Waals surface area contributed by atoms with Crippen molar-refractivity contribution in [1.82, 2.24) is 4.98 Å². The van der Waals surface area contributed by atoms with Crippen molar-refractivity contribution in [2.45, 2.75) is 70.2 Å². The predicted molar refractivity (Wildman–Crippen MR) is 194 cm³/mol. The van der Waals surface area contributed by atoms with Gasteiger partial charge in [0.2, 0.25) is 0 Å². The van der Waals surface area contributed by atoms with Crippen molar-refractivity contribution in [2.24, 2.45) is 22.7 Å². The Bertz CT molecular complexity index is 2130. The second-order valence-electron chi connectivity index (χ2n) is 15.8. The van der Waals surface area contributed by atoms with Crippen molar-refractivity contribution >= 4 is 11.7 Å². The third-order valence-electron chi connectivity index (χ3n) is 12.5. The lowest BCUT2D eigenvalue weighted by molar-refractivity contribution is -0.330. The van der Waals surface area contributed by atoms with Crippen molar-refractivity contribution in [3.8, 4) is 23.1 Å². The van der Waals surface area contributed by atoms with E-state index in [4.69, 9.17) is 23.4 Å². The smallest absolute Gasteiger partial charge is 0.345 e. The van der Waals surface area contributed by atoms with Gasteiger partial charge in [-0.3, -0.25) is 4.98 Å². The Kier molecular flexibility index (Phi) is 8.48. The number of hydrogen-bond acceptors (Lipinski definition) is 11. The Hall–Kier alpha value is -5.02. The van der Waals surface area contributed by atoms with Gasteiger partial charge in [0.1, 0.15) is 28.8 Å². The lowest BCUT2D eigenvalue weighted by atomic mass is 9.42. The summed E-state index contributed by atoms with van der Waals surface area (Å²) in [5, 5.41) is 21.7. The van der Waals surface area contributed by atoms with Gasteiger partial charge in [-0.1, -0.05) is 26.0 Å². The van der Waals surface area contributed by atoms with Gasteiger partial charge in [-0.05, 0) is 86.1 Å². The number of rotatable bonds is 5. The monoisotopic (exact) mass is 717 g/mol. The van der Waals surface area contributed by atoms with Gasteiger partial charge in [0.25, 0.3) is 0 Å². The number of fused-ring (bicyclic) bond motifs is 6. The lowest BCUT2D eigenvalue weighted by Crippen LogP contribution is -2.71. The van der Waals surface area contributed by atoms with E-state index in [2.05, 4.69) is 24.9 Å². The molecule has 3 fully saturated rings. The Balaban J connectivity index is 1.18. The normalized spacial score (nSPS) is 32.8. The SMILES string of the molecule is CN(C)c1ccc([C@@H]2OC[C@@]3(C)C4C[C@H](OC(=O)c5ccc(C#N)cc5)[C@@]5(C)Oc6cc(-c7cccnc7)oc(=O)c6C(O)C5[C@@]4(C)CC[C@@H]3O2)cc1. The maximum atomic E-state index is 13.9. The highest BCUT2D eigenvalue weighted by Crippen LogP contribution is 2.68. The maximum Gasteiger partial charge on any atom is 0.345 e. The Morgan fingerprint density at radius 3 is 2.49 bits per heavy atom. The van der Waals surface area contributed by atoms with E-state index in [1.54, 1.807) is 54.9 Å². The molecule has 1 N–H and O–H groups in total. The number of aliphatic hydroxyl groups is 1. The lowest BCUT2D eigenvalue weighted by Gasteiger charge is -2.67. The Morgan fingerprint density at radius 2 is 1.81 bits per heavy atom. The molecule has 4 aliphatic rings. The minimum atomic E-state index is -1.29. The molecule has 2 aromatic heterocycles. The van der Waals surface area contributed by atoms with E-state index in [0.29, 0.717) is 37.0 Å². The van der Waals surface area contributed by atoms with E-state index >= 15 is 0 Å². The number of hydrogen-bond donors (Lipinski definition) is 1. The first-order valence-corrected chi connectivity index (χ1v) is 18.1. The average molecular weight is 718 g/mol. The Morgan fingerprint density at radius 1 is 1.06 bits per heavy atom. The standard InChI is InChI=1S/C42H43N3O8/c1-40-17-16-32-41(2,23-49-39(52-32)26-12-14-28(15-13-26)45(4)5)31(40)20-33(51-37(47)25-10-8-24(21-43)9-11-25)42(3)36(40)35(46)34-30(53-42)19-29(50-38(34)48)27-7-6-18-44-22-27/h6-15,18-19,22,31-33,35-36,39,46H,16-17,20,23H2,1-5H3/t31?,32-,33-,35?,36?,39+,40-,41-,42+/m0/s1. The molecule has 274 valence electrons. The van der Waals surface area contributed by atoms with Gasteiger partial charge in [-0.2, -0.15) is 5.26 Å². The fourth-order valence-electron chi connectivity index (χ4n) is 9.84. The van der Waals surface area contributed by atoms with Crippen molar-refractivity contribution in [3.05, 3.63) is 112 Å². The van der Waals surface area contributed by atoms with E-state index in [1.165, 1.54) is 0 Å². The average Bonchev–Trinajstić information content (AvgIpc) is 3.15. The van der Waals surface area contributed by atoms with Crippen LogP contribution in [0.15, 0.2) is 88.3 Å². The van der Waals surface area contributed by atoms with Crippen molar-refractivity contribution < 1.29 is 33.3 Å². The van der Waals surface area contributed by atoms with Crippen molar-refractivity contribution in [2.75, 3.05) is 25.6 Å². The number of anilines is 1. The molecule has 11 nitrogen and oxygen atoms in total. The molecule has 3 unspecified atom stereocenters. The number of aromatic nitrogens is 1. The molecule has 0 amide bonds. The van der Waals surface area contributed by atoms with Crippen molar-refractivity contribution in [1.29, 1.82) is 5.26 Å². The molecule has 0 bridgehead atoms. The maximum absolute atomic E-state index is 13.9. The number of ether oxygens (including phenoxy) is 4. The largest absolute Gasteiger partial charge is 0.482 e. The van der Waals surface area contributed by atoms with Crippen LogP contribution in [-0.2, 0) is 14.2 Å². The van der Waals surface area contributed by atoms with Crippen LogP contribution >= 0.6 is 0 Å². The molecular weight excluding hydrogens is 674 g/mol. The molecule has 11 heteroatoms. The third kappa shape index (κ3) is 5.63. The highest BCUT2D eigenvalue weighted by molar-refractivity contribution is 5.89.